The average molecular weight is 258 g/mol. The molecule has 1 saturated heterocycles. The van der Waals surface area contributed by atoms with Crippen LogP contribution in [0.3, 0.4) is 0 Å². The van der Waals surface area contributed by atoms with Crippen LogP contribution in [-0.2, 0) is 0 Å². The van der Waals surface area contributed by atoms with Gasteiger partial charge in [-0.25, -0.2) is 0 Å². The molecule has 1 aromatic carbocycles. The van der Waals surface area contributed by atoms with Crippen LogP contribution in [-0.4, -0.2) is 25.7 Å². The van der Waals surface area contributed by atoms with Crippen molar-refractivity contribution in [1.82, 2.24) is 5.32 Å². The number of benzene rings is 1. The van der Waals surface area contributed by atoms with Crippen molar-refractivity contribution < 1.29 is 14.3 Å². The molecule has 0 aliphatic carbocycles. The van der Waals surface area contributed by atoms with Crippen molar-refractivity contribution in [3.05, 3.63) is 23.8 Å². The van der Waals surface area contributed by atoms with Crippen LogP contribution in [0.1, 0.15) is 23.7 Å². The van der Waals surface area contributed by atoms with Gasteiger partial charge in [0.05, 0.1) is 7.11 Å². The van der Waals surface area contributed by atoms with Gasteiger partial charge in [-0.2, -0.15) is 0 Å². The van der Waals surface area contributed by atoms with Gasteiger partial charge in [-0.1, -0.05) is 0 Å². The van der Waals surface area contributed by atoms with E-state index >= 15 is 0 Å². The first kappa shape index (κ1) is 13.8. The first-order valence-corrected chi connectivity index (χ1v) is 5.24. The first-order valence-electron chi connectivity index (χ1n) is 5.24. The maximum Gasteiger partial charge on any atom is 0.163 e. The molecular weight excluding hydrogens is 242 g/mol. The first-order chi connectivity index (χ1) is 7.67. The highest BCUT2D eigenvalue weighted by molar-refractivity contribution is 5.85. The van der Waals surface area contributed by atoms with Gasteiger partial charge >= 0.3 is 0 Å². The molecule has 0 unspecified atom stereocenters. The molecule has 0 saturated carbocycles. The van der Waals surface area contributed by atoms with Gasteiger partial charge in [0.15, 0.2) is 17.2 Å². The molecule has 1 atom stereocenters. The molecule has 0 aromatic heterocycles. The largest absolute Gasteiger partial charge is 0.493 e. The van der Waals surface area contributed by atoms with E-state index in [4.69, 9.17) is 9.47 Å². The summed E-state index contributed by atoms with van der Waals surface area (Å²) in [4.78, 5) is 10.6. The van der Waals surface area contributed by atoms with E-state index in [9.17, 15) is 4.79 Å². The van der Waals surface area contributed by atoms with Gasteiger partial charge < -0.3 is 9.47 Å². The number of rotatable bonds is 4. The van der Waals surface area contributed by atoms with Gasteiger partial charge in [-0.3, -0.25) is 10.1 Å². The van der Waals surface area contributed by atoms with Crippen molar-refractivity contribution in [2.75, 3.05) is 13.7 Å². The highest BCUT2D eigenvalue weighted by Crippen LogP contribution is 2.32. The molecule has 0 radical (unpaired) electrons. The third-order valence-electron chi connectivity index (χ3n) is 2.76. The fraction of sp³-hybridized carbons (Fsp3) is 0.417. The zero-order valence-corrected chi connectivity index (χ0v) is 10.7. The topological polar surface area (TPSA) is 47.6 Å². The van der Waals surface area contributed by atoms with Gasteiger partial charge in [0.25, 0.3) is 0 Å². The maximum absolute atomic E-state index is 10.6. The third-order valence-corrected chi connectivity index (χ3v) is 2.76. The van der Waals surface area contributed by atoms with E-state index in [2.05, 4.69) is 5.32 Å². The Morgan fingerprint density at radius 2 is 2.12 bits per heavy atom. The summed E-state index contributed by atoms with van der Waals surface area (Å²) in [7, 11) is 1.56. The zero-order chi connectivity index (χ0) is 11.6. The van der Waals surface area contributed by atoms with Crippen LogP contribution in [0.25, 0.3) is 0 Å². The van der Waals surface area contributed by atoms with Gasteiger partial charge in [-0.05, 0) is 25.1 Å². The summed E-state index contributed by atoms with van der Waals surface area (Å²) in [5.41, 5.74) is 0.270. The fourth-order valence-electron chi connectivity index (χ4n) is 1.65. The number of carbonyl (C=O) groups excluding carboxylic acids is 1. The van der Waals surface area contributed by atoms with Gasteiger partial charge in [0, 0.05) is 18.5 Å². The summed E-state index contributed by atoms with van der Waals surface area (Å²) in [6, 6.07) is 5.14. The predicted molar refractivity (Wildman–Crippen MR) is 67.3 cm³/mol. The molecule has 2 rings (SSSR count). The Bertz CT molecular complexity index is 405. The van der Waals surface area contributed by atoms with Crippen molar-refractivity contribution in [1.29, 1.82) is 0 Å². The van der Waals surface area contributed by atoms with Crippen LogP contribution < -0.4 is 14.8 Å². The minimum atomic E-state index is -0.310. The fourth-order valence-corrected chi connectivity index (χ4v) is 1.65. The molecule has 1 aromatic rings. The molecule has 1 heterocycles. The molecule has 0 bridgehead atoms. The smallest absolute Gasteiger partial charge is 0.163 e. The van der Waals surface area contributed by atoms with Crippen molar-refractivity contribution in [2.45, 2.75) is 19.1 Å². The Hall–Kier alpha value is -1.26. The molecule has 0 spiro atoms. The maximum atomic E-state index is 10.6. The predicted octanol–water partition coefficient (Wildman–Crippen LogP) is 2.02. The molecule has 1 aliphatic heterocycles. The summed E-state index contributed by atoms with van der Waals surface area (Å²) in [6.07, 6.45) is 1.75. The number of methoxy groups -OCH3 is 1. The molecule has 94 valence electrons. The molecular formula is C12H16ClNO3. The number of ether oxygens (including phenoxy) is 2. The lowest BCUT2D eigenvalue weighted by molar-refractivity contribution is -0.0124. The lowest BCUT2D eigenvalue weighted by atomic mass is 10.0. The Morgan fingerprint density at radius 1 is 1.41 bits per heavy atom. The van der Waals surface area contributed by atoms with E-state index in [1.165, 1.54) is 0 Å². The monoisotopic (exact) mass is 257 g/mol. The van der Waals surface area contributed by atoms with Crippen LogP contribution in [0.5, 0.6) is 11.5 Å². The van der Waals surface area contributed by atoms with Gasteiger partial charge in [0.2, 0.25) is 0 Å². The second-order valence-electron chi connectivity index (χ2n) is 4.04. The summed E-state index contributed by atoms with van der Waals surface area (Å²) < 4.78 is 11.0. The standard InChI is InChI=1S/C12H15NO3.ClH/c1-12(5-6-13-12)16-10-4-3-9(8-14)7-11(10)15-2;/h3-4,7-8,13H,5-6H2,1-2H3;1H/t12-;/m1./s1. The molecule has 4 nitrogen and oxygen atoms in total. The summed E-state index contributed by atoms with van der Waals surface area (Å²) in [6.45, 7) is 2.95. The van der Waals surface area contributed by atoms with E-state index in [0.717, 1.165) is 19.3 Å². The molecule has 1 aliphatic rings. The molecule has 5 heteroatoms. The van der Waals surface area contributed by atoms with E-state index in [-0.39, 0.29) is 18.1 Å². The number of hydrogen-bond donors (Lipinski definition) is 1. The summed E-state index contributed by atoms with van der Waals surface area (Å²) in [5.74, 6) is 1.24. The van der Waals surface area contributed by atoms with Crippen LogP contribution in [0, 0.1) is 0 Å². The van der Waals surface area contributed by atoms with E-state index < -0.39 is 0 Å². The van der Waals surface area contributed by atoms with Gasteiger partial charge in [0.1, 0.15) is 6.29 Å². The molecule has 0 amide bonds. The second kappa shape index (κ2) is 5.38. The third kappa shape index (κ3) is 2.90. The van der Waals surface area contributed by atoms with Crippen molar-refractivity contribution in [3.8, 4) is 11.5 Å². The van der Waals surface area contributed by atoms with E-state index in [0.29, 0.717) is 17.1 Å². The number of aldehydes is 1. The number of carbonyl (C=O) groups is 1. The quantitative estimate of drug-likeness (QED) is 0.839. The number of halogens is 1. The summed E-state index contributed by atoms with van der Waals surface area (Å²) in [5, 5.41) is 3.20. The van der Waals surface area contributed by atoms with Crippen LogP contribution >= 0.6 is 12.4 Å². The van der Waals surface area contributed by atoms with E-state index in [1.54, 1.807) is 25.3 Å². The van der Waals surface area contributed by atoms with Crippen LogP contribution in [0.2, 0.25) is 0 Å². The summed E-state index contributed by atoms with van der Waals surface area (Å²) >= 11 is 0. The highest BCUT2D eigenvalue weighted by atomic mass is 35.5. The minimum Gasteiger partial charge on any atom is -0.493 e. The molecule has 1 fully saturated rings. The highest BCUT2D eigenvalue weighted by Gasteiger charge is 2.34. The average Bonchev–Trinajstić information content (AvgIpc) is 2.27. The second-order valence-corrected chi connectivity index (χ2v) is 4.04. The van der Waals surface area contributed by atoms with Gasteiger partial charge in [-0.15, -0.1) is 12.4 Å². The number of hydrogen-bond acceptors (Lipinski definition) is 4. The van der Waals surface area contributed by atoms with Crippen LogP contribution in [0.15, 0.2) is 18.2 Å². The minimum absolute atomic E-state index is 0. The zero-order valence-electron chi connectivity index (χ0n) is 9.86. The van der Waals surface area contributed by atoms with Crippen molar-refractivity contribution in [3.63, 3.8) is 0 Å². The molecule has 1 N–H and O–H groups in total. The lowest BCUT2D eigenvalue weighted by Crippen LogP contribution is -2.58. The molecule has 17 heavy (non-hydrogen) atoms. The van der Waals surface area contributed by atoms with Crippen molar-refractivity contribution in [2.24, 2.45) is 0 Å². The SMILES string of the molecule is COc1cc(C=O)ccc1O[C@]1(C)CCN1.Cl. The Morgan fingerprint density at radius 3 is 2.59 bits per heavy atom. The normalized spacial score (nSPS) is 22.0. The van der Waals surface area contributed by atoms with Crippen molar-refractivity contribution >= 4 is 18.7 Å². The van der Waals surface area contributed by atoms with Crippen LogP contribution in [0.4, 0.5) is 0 Å². The lowest BCUT2D eigenvalue weighted by Gasteiger charge is -2.40. The Kier molecular flexibility index (Phi) is 4.37. The number of nitrogens with one attached hydrogen (secondary N) is 1. The van der Waals surface area contributed by atoms with E-state index in [1.807, 2.05) is 6.92 Å². The Labute approximate surface area is 107 Å². The Balaban J connectivity index is 0.00000144.